The van der Waals surface area contributed by atoms with Crippen LogP contribution in [0.15, 0.2) is 55.1 Å². The Kier molecular flexibility index (Phi) is 5.28. The Morgan fingerprint density at radius 1 is 1.00 bits per heavy atom. The molecule has 4 rings (SSSR count). The highest BCUT2D eigenvalue weighted by atomic mass is 19.1. The Labute approximate surface area is 166 Å². The summed E-state index contributed by atoms with van der Waals surface area (Å²) in [6.07, 6.45) is 6.26. The topological polar surface area (TPSA) is 74.2 Å². The molecule has 2 aromatic heterocycles. The largest absolute Gasteiger partial charge is 0.352 e. The number of rotatable bonds is 3. The molecule has 0 aliphatic carbocycles. The van der Waals surface area contributed by atoms with E-state index in [2.05, 4.69) is 20.3 Å². The Morgan fingerprint density at radius 2 is 1.83 bits per heavy atom. The van der Waals surface area contributed by atoms with Gasteiger partial charge in [0.15, 0.2) is 0 Å². The number of pyridine rings is 1. The summed E-state index contributed by atoms with van der Waals surface area (Å²) < 4.78 is 27.2. The number of halogens is 2. The molecule has 9 heteroatoms. The van der Waals surface area contributed by atoms with E-state index in [9.17, 15) is 13.6 Å². The van der Waals surface area contributed by atoms with E-state index < -0.39 is 11.6 Å². The number of urea groups is 1. The van der Waals surface area contributed by atoms with Crippen LogP contribution < -0.4 is 10.2 Å². The molecule has 0 atom stereocenters. The van der Waals surface area contributed by atoms with Crippen LogP contribution in [0.3, 0.4) is 0 Å². The lowest BCUT2D eigenvalue weighted by Gasteiger charge is -2.35. The summed E-state index contributed by atoms with van der Waals surface area (Å²) in [5.41, 5.74) is 1.16. The van der Waals surface area contributed by atoms with Crippen molar-refractivity contribution < 1.29 is 13.6 Å². The molecule has 0 bridgehead atoms. The van der Waals surface area contributed by atoms with Gasteiger partial charge in [0.25, 0.3) is 0 Å². The summed E-state index contributed by atoms with van der Waals surface area (Å²) in [6, 6.07) is 6.69. The van der Waals surface area contributed by atoms with Crippen LogP contribution in [-0.4, -0.2) is 52.1 Å². The molecule has 2 amide bonds. The van der Waals surface area contributed by atoms with Gasteiger partial charge in [-0.1, -0.05) is 0 Å². The number of nitrogens with zero attached hydrogens (tertiary/aromatic N) is 5. The highest BCUT2D eigenvalue weighted by molar-refractivity contribution is 5.89. The van der Waals surface area contributed by atoms with E-state index in [0.717, 1.165) is 6.07 Å². The molecule has 1 fully saturated rings. The number of hydrogen-bond acceptors (Lipinski definition) is 5. The highest BCUT2D eigenvalue weighted by Gasteiger charge is 2.22. The molecule has 0 saturated carbocycles. The Hall–Kier alpha value is -3.62. The van der Waals surface area contributed by atoms with Gasteiger partial charge in [0.2, 0.25) is 0 Å². The molecule has 0 radical (unpaired) electrons. The number of hydrogen-bond donors (Lipinski definition) is 1. The molecular formula is C20H18F2N6O. The zero-order valence-electron chi connectivity index (χ0n) is 15.4. The minimum absolute atomic E-state index is 0.189. The fraction of sp³-hybridized carbons (Fsp3) is 0.200. The van der Waals surface area contributed by atoms with Gasteiger partial charge in [0.05, 0.1) is 30.0 Å². The second-order valence-corrected chi connectivity index (χ2v) is 6.53. The van der Waals surface area contributed by atoms with Gasteiger partial charge in [0, 0.05) is 44.0 Å². The monoisotopic (exact) mass is 396 g/mol. The molecule has 1 aliphatic rings. The molecule has 0 spiro atoms. The Balaban J connectivity index is 1.42. The van der Waals surface area contributed by atoms with Crippen LogP contribution >= 0.6 is 0 Å². The summed E-state index contributed by atoms with van der Waals surface area (Å²) in [7, 11) is 0. The lowest BCUT2D eigenvalue weighted by molar-refractivity contribution is 0.208. The molecule has 1 N–H and O–H groups in total. The normalized spacial score (nSPS) is 14.0. The lowest BCUT2D eigenvalue weighted by Crippen LogP contribution is -2.50. The van der Waals surface area contributed by atoms with Crippen LogP contribution in [0, 0.1) is 11.6 Å². The van der Waals surface area contributed by atoms with Gasteiger partial charge >= 0.3 is 6.03 Å². The third kappa shape index (κ3) is 4.29. The van der Waals surface area contributed by atoms with E-state index in [4.69, 9.17) is 0 Å². The van der Waals surface area contributed by atoms with Crippen molar-refractivity contribution >= 4 is 17.5 Å². The zero-order valence-corrected chi connectivity index (χ0v) is 15.4. The van der Waals surface area contributed by atoms with Gasteiger partial charge in [-0.25, -0.2) is 18.6 Å². The third-order valence-corrected chi connectivity index (χ3v) is 4.63. The van der Waals surface area contributed by atoms with Crippen molar-refractivity contribution in [2.45, 2.75) is 0 Å². The maximum absolute atomic E-state index is 14.1. The van der Waals surface area contributed by atoms with Crippen molar-refractivity contribution in [1.82, 2.24) is 19.9 Å². The minimum Gasteiger partial charge on any atom is -0.352 e. The second kappa shape index (κ2) is 8.17. The van der Waals surface area contributed by atoms with E-state index in [-0.39, 0.29) is 11.6 Å². The van der Waals surface area contributed by atoms with Crippen molar-refractivity contribution in [2.24, 2.45) is 0 Å². The Morgan fingerprint density at radius 3 is 2.55 bits per heavy atom. The number of carbonyl (C=O) groups is 1. The fourth-order valence-corrected chi connectivity index (χ4v) is 3.11. The molecule has 3 heterocycles. The molecule has 1 aromatic carbocycles. The van der Waals surface area contributed by atoms with Gasteiger partial charge in [0.1, 0.15) is 17.5 Å². The first-order chi connectivity index (χ1) is 14.1. The number of amides is 2. The van der Waals surface area contributed by atoms with Crippen LogP contribution in [0.5, 0.6) is 0 Å². The average Bonchev–Trinajstić information content (AvgIpc) is 2.75. The van der Waals surface area contributed by atoms with Crippen LogP contribution in [-0.2, 0) is 0 Å². The highest BCUT2D eigenvalue weighted by Crippen LogP contribution is 2.23. The molecular weight excluding hydrogens is 378 g/mol. The van der Waals surface area contributed by atoms with E-state index >= 15 is 0 Å². The van der Waals surface area contributed by atoms with Crippen molar-refractivity contribution in [3.05, 3.63) is 66.8 Å². The molecule has 3 aromatic rings. The first-order valence-electron chi connectivity index (χ1n) is 9.08. The predicted molar refractivity (Wildman–Crippen MR) is 104 cm³/mol. The summed E-state index contributed by atoms with van der Waals surface area (Å²) in [5.74, 6) is -0.747. The summed E-state index contributed by atoms with van der Waals surface area (Å²) >= 11 is 0. The average molecular weight is 396 g/mol. The van der Waals surface area contributed by atoms with Crippen LogP contribution in [0.1, 0.15) is 0 Å². The van der Waals surface area contributed by atoms with Gasteiger partial charge in [-0.3, -0.25) is 9.97 Å². The van der Waals surface area contributed by atoms with E-state index in [1.54, 1.807) is 35.6 Å². The quantitative estimate of drug-likeness (QED) is 0.736. The second-order valence-electron chi connectivity index (χ2n) is 6.53. The minimum atomic E-state index is -0.687. The van der Waals surface area contributed by atoms with E-state index in [1.807, 2.05) is 4.90 Å². The SMILES string of the molecule is O=C(Nc1cccnc1)N1CCN(c2cncc(-c3ccc(F)cc3F)n2)CC1. The van der Waals surface area contributed by atoms with E-state index in [1.165, 1.54) is 18.3 Å². The number of aromatic nitrogens is 3. The number of anilines is 2. The lowest BCUT2D eigenvalue weighted by atomic mass is 10.1. The fourth-order valence-electron chi connectivity index (χ4n) is 3.11. The smallest absolute Gasteiger partial charge is 0.322 e. The molecule has 148 valence electrons. The van der Waals surface area contributed by atoms with E-state index in [0.29, 0.717) is 43.4 Å². The number of benzene rings is 1. The summed E-state index contributed by atoms with van der Waals surface area (Å²) in [5, 5.41) is 2.81. The Bertz CT molecular complexity index is 1010. The van der Waals surface area contributed by atoms with Gasteiger partial charge in [-0.15, -0.1) is 0 Å². The molecule has 1 saturated heterocycles. The third-order valence-electron chi connectivity index (χ3n) is 4.63. The number of carbonyl (C=O) groups excluding carboxylic acids is 1. The van der Waals surface area contributed by atoms with Crippen LogP contribution in [0.4, 0.5) is 25.1 Å². The standard InChI is InChI=1S/C20H18F2N6O/c21-14-3-4-16(17(22)10-14)18-12-24-13-19(26-18)27-6-8-28(9-7-27)20(29)25-15-2-1-5-23-11-15/h1-5,10-13H,6-9H2,(H,25,29). The van der Waals surface area contributed by atoms with Crippen molar-refractivity contribution in [2.75, 3.05) is 36.4 Å². The van der Waals surface area contributed by atoms with Crippen molar-refractivity contribution in [3.63, 3.8) is 0 Å². The maximum Gasteiger partial charge on any atom is 0.322 e. The first-order valence-corrected chi connectivity index (χ1v) is 9.08. The van der Waals surface area contributed by atoms with Gasteiger partial charge < -0.3 is 15.1 Å². The number of nitrogens with one attached hydrogen (secondary N) is 1. The van der Waals surface area contributed by atoms with Crippen LogP contribution in [0.2, 0.25) is 0 Å². The number of piperazine rings is 1. The summed E-state index contributed by atoms with van der Waals surface area (Å²) in [4.78, 5) is 28.7. The zero-order chi connectivity index (χ0) is 20.2. The maximum atomic E-state index is 14.1. The predicted octanol–water partition coefficient (Wildman–Crippen LogP) is 3.17. The van der Waals surface area contributed by atoms with Crippen LogP contribution in [0.25, 0.3) is 11.3 Å². The molecule has 7 nitrogen and oxygen atoms in total. The molecule has 1 aliphatic heterocycles. The first kappa shape index (κ1) is 18.7. The van der Waals surface area contributed by atoms with Gasteiger partial charge in [-0.05, 0) is 24.3 Å². The van der Waals surface area contributed by atoms with Crippen molar-refractivity contribution in [3.8, 4) is 11.3 Å². The summed E-state index contributed by atoms with van der Waals surface area (Å²) in [6.45, 7) is 2.13. The van der Waals surface area contributed by atoms with Crippen molar-refractivity contribution in [1.29, 1.82) is 0 Å². The van der Waals surface area contributed by atoms with Gasteiger partial charge in [-0.2, -0.15) is 0 Å². The molecule has 0 unspecified atom stereocenters. The molecule has 29 heavy (non-hydrogen) atoms.